The summed E-state index contributed by atoms with van der Waals surface area (Å²) >= 11 is 0. The molecule has 0 saturated carbocycles. The molecule has 1 atom stereocenters. The number of nitrogens with zero attached hydrogens (tertiary/aromatic N) is 3. The van der Waals surface area contributed by atoms with Gasteiger partial charge >= 0.3 is 6.03 Å². The first-order chi connectivity index (χ1) is 13.4. The molecule has 0 aliphatic carbocycles. The van der Waals surface area contributed by atoms with Crippen LogP contribution in [0.4, 0.5) is 4.79 Å². The van der Waals surface area contributed by atoms with Crippen LogP contribution >= 0.6 is 0 Å². The van der Waals surface area contributed by atoms with E-state index >= 15 is 0 Å². The molecule has 7 heteroatoms. The maximum absolute atomic E-state index is 12.4. The van der Waals surface area contributed by atoms with Crippen LogP contribution in [-0.4, -0.2) is 60.1 Å². The Bertz CT molecular complexity index is 606. The minimum absolute atomic E-state index is 0.107. The number of aryl methyl sites for hydroxylation is 1. The Labute approximate surface area is 170 Å². The number of ether oxygens (including phenoxy) is 1. The molecule has 28 heavy (non-hydrogen) atoms. The molecule has 2 amide bonds. The molecule has 1 unspecified atom stereocenters. The molecular weight excluding hydrogens is 354 g/mol. The number of rotatable bonds is 9. The number of methoxy groups -OCH3 is 1. The Morgan fingerprint density at radius 3 is 2.43 bits per heavy atom. The first-order valence-electron chi connectivity index (χ1n) is 10.7. The van der Waals surface area contributed by atoms with E-state index in [1.807, 2.05) is 18.5 Å². The van der Waals surface area contributed by atoms with Crippen LogP contribution in [0, 0.1) is 19.8 Å². The molecule has 0 spiro atoms. The number of hydrogen-bond donors (Lipinski definition) is 2. The predicted molar refractivity (Wildman–Crippen MR) is 112 cm³/mol. The molecule has 1 aromatic rings. The standard InChI is InChI=1S/C21H39N5O2/c1-16(2)20(25-10-8-6-7-9-11-25)15-23-21(27)22-14-19-17(3)24-26(18(19)4)12-13-28-5/h16,20H,6-15H2,1-5H3,(H2,22,23,27). The molecule has 2 rings (SSSR count). The van der Waals surface area contributed by atoms with Crippen LogP contribution in [0.2, 0.25) is 0 Å². The zero-order valence-electron chi connectivity index (χ0n) is 18.4. The lowest BCUT2D eigenvalue weighted by Gasteiger charge is -2.33. The number of urea groups is 1. The van der Waals surface area contributed by atoms with Gasteiger partial charge in [0, 0.05) is 37.5 Å². The number of hydrogen-bond acceptors (Lipinski definition) is 4. The summed E-state index contributed by atoms with van der Waals surface area (Å²) in [6.45, 7) is 13.3. The van der Waals surface area contributed by atoms with E-state index in [4.69, 9.17) is 4.74 Å². The molecule has 1 saturated heterocycles. The first-order valence-corrected chi connectivity index (χ1v) is 10.7. The Kier molecular flexibility index (Phi) is 9.25. The summed E-state index contributed by atoms with van der Waals surface area (Å²) in [6, 6.07) is 0.285. The van der Waals surface area contributed by atoms with Crippen molar-refractivity contribution in [1.82, 2.24) is 25.3 Å². The Morgan fingerprint density at radius 2 is 1.82 bits per heavy atom. The minimum atomic E-state index is -0.107. The highest BCUT2D eigenvalue weighted by atomic mass is 16.5. The van der Waals surface area contributed by atoms with Gasteiger partial charge in [-0.05, 0) is 45.7 Å². The summed E-state index contributed by atoms with van der Waals surface area (Å²) in [4.78, 5) is 15.0. The first kappa shape index (κ1) is 22.7. The Hall–Kier alpha value is -1.60. The minimum Gasteiger partial charge on any atom is -0.383 e. The van der Waals surface area contributed by atoms with Gasteiger partial charge in [-0.3, -0.25) is 9.58 Å². The lowest BCUT2D eigenvalue weighted by Crippen LogP contribution is -2.49. The predicted octanol–water partition coefficient (Wildman–Crippen LogP) is 2.85. The van der Waals surface area contributed by atoms with Crippen molar-refractivity contribution in [3.63, 3.8) is 0 Å². The third-order valence-corrected chi connectivity index (χ3v) is 5.82. The van der Waals surface area contributed by atoms with Crippen molar-refractivity contribution < 1.29 is 9.53 Å². The quantitative estimate of drug-likeness (QED) is 0.677. The Balaban J connectivity index is 1.85. The molecule has 0 aromatic carbocycles. The maximum atomic E-state index is 12.4. The fourth-order valence-electron chi connectivity index (χ4n) is 4.03. The second kappa shape index (κ2) is 11.4. The highest BCUT2D eigenvalue weighted by Gasteiger charge is 2.23. The fourth-order valence-corrected chi connectivity index (χ4v) is 4.03. The van der Waals surface area contributed by atoms with E-state index in [-0.39, 0.29) is 6.03 Å². The van der Waals surface area contributed by atoms with Gasteiger partial charge in [-0.2, -0.15) is 5.10 Å². The van der Waals surface area contributed by atoms with E-state index < -0.39 is 0 Å². The van der Waals surface area contributed by atoms with Gasteiger partial charge in [0.25, 0.3) is 0 Å². The fraction of sp³-hybridized carbons (Fsp3) is 0.810. The third kappa shape index (κ3) is 6.48. The van der Waals surface area contributed by atoms with Crippen molar-refractivity contribution in [2.45, 2.75) is 72.5 Å². The number of aromatic nitrogens is 2. The summed E-state index contributed by atoms with van der Waals surface area (Å²) in [5.41, 5.74) is 3.12. The molecule has 1 aliphatic heterocycles. The van der Waals surface area contributed by atoms with Crippen LogP contribution in [0.15, 0.2) is 0 Å². The van der Waals surface area contributed by atoms with Crippen molar-refractivity contribution in [1.29, 1.82) is 0 Å². The van der Waals surface area contributed by atoms with Crippen LogP contribution < -0.4 is 10.6 Å². The van der Waals surface area contributed by atoms with Crippen LogP contribution in [0.25, 0.3) is 0 Å². The average Bonchev–Trinajstić information content (AvgIpc) is 2.84. The highest BCUT2D eigenvalue weighted by Crippen LogP contribution is 2.17. The number of likely N-dealkylation sites (tertiary alicyclic amines) is 1. The molecule has 1 fully saturated rings. The molecule has 160 valence electrons. The SMILES string of the molecule is COCCn1nc(C)c(CNC(=O)NCC(C(C)C)N2CCCCCC2)c1C. The van der Waals surface area contributed by atoms with Gasteiger partial charge in [0.1, 0.15) is 0 Å². The topological polar surface area (TPSA) is 71.4 Å². The lowest BCUT2D eigenvalue weighted by atomic mass is 10.0. The molecule has 2 N–H and O–H groups in total. The molecule has 0 radical (unpaired) electrons. The van der Waals surface area contributed by atoms with E-state index in [0.717, 1.165) is 36.6 Å². The third-order valence-electron chi connectivity index (χ3n) is 5.82. The van der Waals surface area contributed by atoms with Crippen molar-refractivity contribution >= 4 is 6.03 Å². The van der Waals surface area contributed by atoms with Gasteiger partial charge in [-0.25, -0.2) is 4.79 Å². The zero-order valence-corrected chi connectivity index (χ0v) is 18.4. The van der Waals surface area contributed by atoms with Crippen molar-refractivity contribution in [3.05, 3.63) is 17.0 Å². The molecule has 2 heterocycles. The number of amides is 2. The molecule has 7 nitrogen and oxygen atoms in total. The summed E-state index contributed by atoms with van der Waals surface area (Å²) in [6.07, 6.45) is 5.18. The molecule has 1 aromatic heterocycles. The second-order valence-corrected chi connectivity index (χ2v) is 8.19. The molecular formula is C21H39N5O2. The Morgan fingerprint density at radius 1 is 1.14 bits per heavy atom. The summed E-state index contributed by atoms with van der Waals surface area (Å²) < 4.78 is 7.08. The van der Waals surface area contributed by atoms with Gasteiger partial charge < -0.3 is 15.4 Å². The van der Waals surface area contributed by atoms with Crippen LogP contribution in [0.5, 0.6) is 0 Å². The largest absolute Gasteiger partial charge is 0.383 e. The summed E-state index contributed by atoms with van der Waals surface area (Å²) in [7, 11) is 1.69. The van der Waals surface area contributed by atoms with Crippen molar-refractivity contribution in [3.8, 4) is 0 Å². The van der Waals surface area contributed by atoms with E-state index in [1.54, 1.807) is 7.11 Å². The molecule has 0 bridgehead atoms. The highest BCUT2D eigenvalue weighted by molar-refractivity contribution is 5.73. The average molecular weight is 394 g/mol. The van der Waals surface area contributed by atoms with Gasteiger partial charge in [-0.1, -0.05) is 26.7 Å². The normalized spacial score (nSPS) is 16.8. The van der Waals surface area contributed by atoms with Crippen LogP contribution in [-0.2, 0) is 17.8 Å². The zero-order chi connectivity index (χ0) is 20.5. The van der Waals surface area contributed by atoms with Crippen molar-refractivity contribution in [2.24, 2.45) is 5.92 Å². The van der Waals surface area contributed by atoms with Gasteiger partial charge in [0.15, 0.2) is 0 Å². The van der Waals surface area contributed by atoms with Crippen LogP contribution in [0.3, 0.4) is 0 Å². The monoisotopic (exact) mass is 393 g/mol. The number of carbonyl (C=O) groups is 1. The van der Waals surface area contributed by atoms with E-state index in [1.165, 1.54) is 25.7 Å². The van der Waals surface area contributed by atoms with E-state index in [2.05, 4.69) is 34.5 Å². The maximum Gasteiger partial charge on any atom is 0.315 e. The second-order valence-electron chi connectivity index (χ2n) is 8.19. The smallest absolute Gasteiger partial charge is 0.315 e. The summed E-state index contributed by atoms with van der Waals surface area (Å²) in [5, 5.41) is 10.7. The van der Waals surface area contributed by atoms with E-state index in [9.17, 15) is 4.79 Å². The number of carbonyl (C=O) groups excluding carboxylic acids is 1. The van der Waals surface area contributed by atoms with Gasteiger partial charge in [0.2, 0.25) is 0 Å². The lowest BCUT2D eigenvalue weighted by molar-refractivity contribution is 0.157. The van der Waals surface area contributed by atoms with Crippen LogP contribution in [0.1, 0.15) is 56.5 Å². The van der Waals surface area contributed by atoms with Crippen molar-refractivity contribution in [2.75, 3.05) is 33.4 Å². The van der Waals surface area contributed by atoms with Gasteiger partial charge in [-0.15, -0.1) is 0 Å². The molecule has 1 aliphatic rings. The van der Waals surface area contributed by atoms with E-state index in [0.29, 0.717) is 31.7 Å². The summed E-state index contributed by atoms with van der Waals surface area (Å²) in [5.74, 6) is 0.516. The van der Waals surface area contributed by atoms with Gasteiger partial charge in [0.05, 0.1) is 18.8 Å². The number of nitrogens with one attached hydrogen (secondary N) is 2.